The predicted octanol–water partition coefficient (Wildman–Crippen LogP) is 10.5. The zero-order valence-corrected chi connectivity index (χ0v) is 27.8. The summed E-state index contributed by atoms with van der Waals surface area (Å²) < 4.78 is 123. The van der Waals surface area contributed by atoms with Gasteiger partial charge in [0.25, 0.3) is 0 Å². The Bertz CT molecular complexity index is 1960. The van der Waals surface area contributed by atoms with Crippen molar-refractivity contribution < 1.29 is 54.1 Å². The molecular weight excluding hydrogens is 792 g/mol. The Balaban J connectivity index is 0.000000288. The van der Waals surface area contributed by atoms with Gasteiger partial charge in [-0.05, 0) is 30.7 Å². The van der Waals surface area contributed by atoms with E-state index in [4.69, 9.17) is 39.5 Å². The fourth-order valence-corrected chi connectivity index (χ4v) is 4.65. The molecule has 0 atom stereocenters. The quantitative estimate of drug-likeness (QED) is 0.0438. The SMILES string of the molecule is CCCOC/C(=N\c1ccc(Cl)cc1C(F)(F)F)n1ccnc1.O=[N+]([O-])c1cc(C(F)(F)F)c(Cl)c([N+](=O)[O-])c1Nc1ncc(C(F)(F)F)cc1Cl. The molecule has 0 bridgehead atoms. The van der Waals surface area contributed by atoms with E-state index in [1.54, 1.807) is 6.20 Å². The highest BCUT2D eigenvalue weighted by atomic mass is 35.5. The number of nitrogens with one attached hydrogen (secondary N) is 1. The lowest BCUT2D eigenvalue weighted by atomic mass is 10.1. The van der Waals surface area contributed by atoms with E-state index in [2.05, 4.69) is 15.0 Å². The number of aliphatic imine (C=N–C) groups is 1. The first-order chi connectivity index (χ1) is 24.1. The highest BCUT2D eigenvalue weighted by Crippen LogP contribution is 2.49. The molecule has 0 saturated carbocycles. The van der Waals surface area contributed by atoms with Gasteiger partial charge in [0.05, 0.1) is 37.2 Å². The number of nitro groups is 2. The lowest BCUT2D eigenvalue weighted by molar-refractivity contribution is -0.392. The van der Waals surface area contributed by atoms with Crippen LogP contribution in [0.4, 0.5) is 68.1 Å². The van der Waals surface area contributed by atoms with Gasteiger partial charge in [0.2, 0.25) is 0 Å². The number of aromatic nitrogens is 3. The Morgan fingerprint density at radius 1 is 0.942 bits per heavy atom. The predicted molar refractivity (Wildman–Crippen MR) is 170 cm³/mol. The number of anilines is 2. The number of benzene rings is 2. The molecule has 12 nitrogen and oxygen atoms in total. The second kappa shape index (κ2) is 16.7. The summed E-state index contributed by atoms with van der Waals surface area (Å²) in [6, 6.07) is 3.77. The number of imidazole rings is 1. The molecule has 0 radical (unpaired) electrons. The summed E-state index contributed by atoms with van der Waals surface area (Å²) in [4.78, 5) is 30.9. The summed E-state index contributed by atoms with van der Waals surface area (Å²) in [5.74, 6) is -0.412. The summed E-state index contributed by atoms with van der Waals surface area (Å²) >= 11 is 16.7. The fourth-order valence-electron chi connectivity index (χ4n) is 3.94. The number of rotatable bonds is 9. The smallest absolute Gasteiger partial charge is 0.374 e. The molecule has 0 amide bonds. The molecule has 280 valence electrons. The first kappa shape index (κ1) is 41.7. The topological polar surface area (TPSA) is 151 Å². The molecule has 2 heterocycles. The van der Waals surface area contributed by atoms with Crippen LogP contribution in [0.15, 0.2) is 60.2 Å². The van der Waals surface area contributed by atoms with E-state index < -0.39 is 78.0 Å². The van der Waals surface area contributed by atoms with Crippen molar-refractivity contribution in [3.8, 4) is 0 Å². The molecule has 0 saturated heterocycles. The largest absolute Gasteiger partial charge is 0.418 e. The maximum atomic E-state index is 13.1. The minimum Gasteiger partial charge on any atom is -0.374 e. The molecule has 24 heteroatoms. The van der Waals surface area contributed by atoms with Gasteiger partial charge in [-0.1, -0.05) is 41.7 Å². The lowest BCUT2D eigenvalue weighted by Crippen LogP contribution is -2.18. The summed E-state index contributed by atoms with van der Waals surface area (Å²) in [5, 5.41) is 22.1. The monoisotopic (exact) mass is 809 g/mol. The summed E-state index contributed by atoms with van der Waals surface area (Å²) in [5.41, 5.74) is -8.37. The number of nitro benzene ring substituents is 2. The van der Waals surface area contributed by atoms with Gasteiger partial charge in [0.15, 0.2) is 5.69 Å². The minimum atomic E-state index is -5.27. The number of hydrogen-bond donors (Lipinski definition) is 1. The third-order valence-corrected chi connectivity index (χ3v) is 7.12. The second-order valence-electron chi connectivity index (χ2n) is 9.88. The van der Waals surface area contributed by atoms with Crippen LogP contribution in [0, 0.1) is 20.2 Å². The molecule has 52 heavy (non-hydrogen) atoms. The van der Waals surface area contributed by atoms with E-state index >= 15 is 0 Å². The molecule has 1 N–H and O–H groups in total. The fraction of sp³-hybridized carbons (Fsp3) is 0.250. The normalized spacial score (nSPS) is 12.3. The van der Waals surface area contributed by atoms with Crippen molar-refractivity contribution in [2.75, 3.05) is 18.5 Å². The van der Waals surface area contributed by atoms with Gasteiger partial charge in [0.1, 0.15) is 29.6 Å². The molecule has 0 fully saturated rings. The number of nitrogens with zero attached hydrogens (tertiary/aromatic N) is 6. The van der Waals surface area contributed by atoms with Crippen molar-refractivity contribution in [2.24, 2.45) is 4.99 Å². The van der Waals surface area contributed by atoms with Gasteiger partial charge >= 0.3 is 29.9 Å². The summed E-state index contributed by atoms with van der Waals surface area (Å²) in [6.45, 7) is 2.50. The van der Waals surface area contributed by atoms with E-state index in [0.29, 0.717) is 18.5 Å². The Hall–Kier alpha value is -4.73. The van der Waals surface area contributed by atoms with Crippen molar-refractivity contribution in [2.45, 2.75) is 31.9 Å². The molecule has 0 spiro atoms. The van der Waals surface area contributed by atoms with Crippen molar-refractivity contribution in [3.63, 3.8) is 0 Å². The number of halogens is 12. The van der Waals surface area contributed by atoms with Crippen LogP contribution < -0.4 is 5.32 Å². The summed E-state index contributed by atoms with van der Waals surface area (Å²) in [6.07, 6.45) is -9.03. The van der Waals surface area contributed by atoms with Crippen LogP contribution in [-0.2, 0) is 23.3 Å². The van der Waals surface area contributed by atoms with Crippen LogP contribution >= 0.6 is 34.8 Å². The first-order valence-corrected chi connectivity index (χ1v) is 14.9. The van der Waals surface area contributed by atoms with E-state index in [0.717, 1.165) is 12.5 Å². The minimum absolute atomic E-state index is 0.00249. The number of pyridine rings is 1. The van der Waals surface area contributed by atoms with Gasteiger partial charge in [0, 0.05) is 36.3 Å². The third-order valence-electron chi connectivity index (χ3n) is 6.21. The van der Waals surface area contributed by atoms with Crippen LogP contribution in [0.1, 0.15) is 30.0 Å². The van der Waals surface area contributed by atoms with Gasteiger partial charge in [-0.3, -0.25) is 24.8 Å². The van der Waals surface area contributed by atoms with Crippen molar-refractivity contribution in [1.82, 2.24) is 14.5 Å². The number of ether oxygens (including phenoxy) is 1. The van der Waals surface area contributed by atoms with E-state index in [1.807, 2.05) is 12.2 Å². The van der Waals surface area contributed by atoms with E-state index in [9.17, 15) is 59.7 Å². The van der Waals surface area contributed by atoms with Gasteiger partial charge in [-0.25, -0.2) is 15.0 Å². The Labute approximate surface area is 300 Å². The molecular formula is C28H19Cl3F9N7O5. The molecule has 0 aliphatic rings. The van der Waals surface area contributed by atoms with Gasteiger partial charge < -0.3 is 10.1 Å². The van der Waals surface area contributed by atoms with Crippen LogP contribution in [0.2, 0.25) is 15.1 Å². The van der Waals surface area contributed by atoms with Crippen LogP contribution in [-0.4, -0.2) is 43.4 Å². The maximum absolute atomic E-state index is 13.1. The Morgan fingerprint density at radius 3 is 2.10 bits per heavy atom. The molecule has 4 aromatic rings. The lowest BCUT2D eigenvalue weighted by Gasteiger charge is -2.14. The molecule has 2 aromatic carbocycles. The third kappa shape index (κ3) is 10.7. The molecule has 4 rings (SSSR count). The average Bonchev–Trinajstić information content (AvgIpc) is 3.56. The number of alkyl halides is 9. The average molecular weight is 811 g/mol. The van der Waals surface area contributed by atoms with Crippen LogP contribution in [0.25, 0.3) is 0 Å². The maximum Gasteiger partial charge on any atom is 0.418 e. The molecule has 0 aliphatic carbocycles. The summed E-state index contributed by atoms with van der Waals surface area (Å²) in [7, 11) is 0. The van der Waals surface area contributed by atoms with Crippen molar-refractivity contribution >= 4 is 69.2 Å². The van der Waals surface area contributed by atoms with Gasteiger partial charge in [-0.15, -0.1) is 0 Å². The van der Waals surface area contributed by atoms with E-state index in [1.165, 1.54) is 29.2 Å². The highest BCUT2D eigenvalue weighted by Gasteiger charge is 2.42. The zero-order chi connectivity index (χ0) is 39.2. The van der Waals surface area contributed by atoms with Crippen LogP contribution in [0.5, 0.6) is 0 Å². The number of hydrogen-bond acceptors (Lipinski definition) is 9. The molecule has 2 aromatic heterocycles. The second-order valence-corrected chi connectivity index (χ2v) is 11.1. The molecule has 0 aliphatic heterocycles. The Kier molecular flexibility index (Phi) is 13.4. The zero-order valence-electron chi connectivity index (χ0n) is 25.6. The van der Waals surface area contributed by atoms with E-state index in [-0.39, 0.29) is 29.6 Å². The van der Waals surface area contributed by atoms with Gasteiger partial charge in [-0.2, -0.15) is 39.5 Å². The molecule has 0 unspecified atom stereocenters. The van der Waals surface area contributed by atoms with Crippen molar-refractivity contribution in [1.29, 1.82) is 0 Å². The van der Waals surface area contributed by atoms with Crippen molar-refractivity contribution in [3.05, 3.63) is 107 Å². The Morgan fingerprint density at radius 2 is 1.60 bits per heavy atom. The standard InChI is InChI=1S/C15H15ClF3N3O.C13H4Cl2F6N4O4/c1-2-7-23-9-14(22-6-5-20-10-22)21-13-4-3-11(16)8-12(13)15(17,18)19;14-6-1-4(12(16,17)18)3-22-11(6)23-9-7(24(26)27)2-5(13(19,20)21)8(15)10(9)25(28)29/h3-6,8,10H,2,7,9H2,1H3;1-3H,(H,22,23)/b21-14+;. The first-order valence-electron chi connectivity index (χ1n) is 13.8. The highest BCUT2D eigenvalue weighted by molar-refractivity contribution is 6.35. The van der Waals surface area contributed by atoms with Crippen LogP contribution in [0.3, 0.4) is 0 Å².